The van der Waals surface area contributed by atoms with Gasteiger partial charge in [-0.05, 0) is 75.3 Å². The molecule has 1 aromatic carbocycles. The number of aliphatic hydroxyl groups excluding tert-OH is 1. The van der Waals surface area contributed by atoms with Gasteiger partial charge in [-0.1, -0.05) is 310 Å². The van der Waals surface area contributed by atoms with Crippen LogP contribution >= 0.6 is 0 Å². The van der Waals surface area contributed by atoms with Gasteiger partial charge in [-0.2, -0.15) is 0 Å². The van der Waals surface area contributed by atoms with Gasteiger partial charge in [0.2, 0.25) is 0 Å². The monoisotopic (exact) mass is 1070 g/mol. The highest BCUT2D eigenvalue weighted by atomic mass is 16.5. The van der Waals surface area contributed by atoms with Gasteiger partial charge in [-0.15, -0.1) is 0 Å². The summed E-state index contributed by atoms with van der Waals surface area (Å²) in [6.45, 7) is 14.6. The van der Waals surface area contributed by atoms with Crippen molar-refractivity contribution < 1.29 is 24.1 Å². The summed E-state index contributed by atoms with van der Waals surface area (Å²) >= 11 is 0. The van der Waals surface area contributed by atoms with E-state index in [4.69, 9.17) is 18.9 Å². The van der Waals surface area contributed by atoms with Crippen LogP contribution in [0, 0.1) is 11.8 Å². The maximum Gasteiger partial charge on any atom is 0.128 e. The Bertz CT molecular complexity index is 1240. The molecule has 0 fully saturated rings. The molecule has 0 amide bonds. The molecule has 0 saturated heterocycles. The van der Waals surface area contributed by atoms with Crippen molar-refractivity contribution in [1.82, 2.24) is 0 Å². The highest BCUT2D eigenvalue weighted by molar-refractivity contribution is 5.40. The topological polar surface area (TPSA) is 57.2 Å². The molecule has 2 unspecified atom stereocenters. The van der Waals surface area contributed by atoms with Gasteiger partial charge >= 0.3 is 0 Å². The van der Waals surface area contributed by atoms with Gasteiger partial charge in [-0.25, -0.2) is 0 Å². The molecule has 1 N–H and O–H groups in total. The second-order valence-corrected chi connectivity index (χ2v) is 24.2. The Balaban J connectivity index is 2.06. The van der Waals surface area contributed by atoms with Gasteiger partial charge in [0.05, 0.1) is 19.8 Å². The van der Waals surface area contributed by atoms with E-state index >= 15 is 0 Å². The Morgan fingerprint density at radius 3 is 0.868 bits per heavy atom. The minimum Gasteiger partial charge on any atom is -0.493 e. The third-order valence-corrected chi connectivity index (χ3v) is 16.7. The van der Waals surface area contributed by atoms with Crippen molar-refractivity contribution in [1.29, 1.82) is 0 Å². The van der Waals surface area contributed by atoms with E-state index in [0.29, 0.717) is 6.61 Å². The summed E-state index contributed by atoms with van der Waals surface area (Å²) in [4.78, 5) is 0. The Labute approximate surface area is 476 Å². The van der Waals surface area contributed by atoms with Crippen LogP contribution in [0.1, 0.15) is 367 Å². The Hall–Kier alpha value is -1.30. The quantitative estimate of drug-likeness (QED) is 0.0659. The SMILES string of the molecule is CCCCCCCCCCC(CCCCCCCC)COCCCCCCCCCCCCOc1ccc(CO)c(OCCCCCCCCCCCCOCC(CCCCCCCC)CCCCCCCCCC)c1. The molecule has 0 spiro atoms. The van der Waals surface area contributed by atoms with Crippen LogP contribution in [0.2, 0.25) is 0 Å². The predicted octanol–water partition coefficient (Wildman–Crippen LogP) is 23.6. The number of benzene rings is 1. The summed E-state index contributed by atoms with van der Waals surface area (Å²) in [6.07, 6.45) is 70.7. The summed E-state index contributed by atoms with van der Waals surface area (Å²) in [5, 5.41) is 9.95. The van der Waals surface area contributed by atoms with Gasteiger partial charge in [0.15, 0.2) is 0 Å². The molecule has 0 radical (unpaired) electrons. The second-order valence-electron chi connectivity index (χ2n) is 24.2. The molecular weight excluding hydrogens is 933 g/mol. The maximum absolute atomic E-state index is 9.95. The summed E-state index contributed by atoms with van der Waals surface area (Å²) < 4.78 is 24.9. The first-order valence-electron chi connectivity index (χ1n) is 34.8. The van der Waals surface area contributed by atoms with Crippen LogP contribution < -0.4 is 9.47 Å². The van der Waals surface area contributed by atoms with Gasteiger partial charge in [-0.3, -0.25) is 0 Å². The molecule has 0 saturated carbocycles. The fourth-order valence-electron chi connectivity index (χ4n) is 11.4. The number of ether oxygens (including phenoxy) is 4. The molecule has 1 aromatic rings. The lowest BCUT2D eigenvalue weighted by molar-refractivity contribution is 0.0878. The van der Waals surface area contributed by atoms with Crippen molar-refractivity contribution in [3.05, 3.63) is 23.8 Å². The van der Waals surface area contributed by atoms with Crippen LogP contribution in [0.25, 0.3) is 0 Å². The summed E-state index contributed by atoms with van der Waals surface area (Å²) in [5.41, 5.74) is 0.848. The predicted molar refractivity (Wildman–Crippen MR) is 335 cm³/mol. The van der Waals surface area contributed by atoms with E-state index in [1.807, 2.05) is 18.2 Å². The molecule has 0 bridgehead atoms. The molecule has 0 aromatic heterocycles. The highest BCUT2D eigenvalue weighted by Gasteiger charge is 2.12. The van der Waals surface area contributed by atoms with Crippen LogP contribution in [-0.4, -0.2) is 44.7 Å². The Morgan fingerprint density at radius 1 is 0.303 bits per heavy atom. The number of hydrogen-bond donors (Lipinski definition) is 1. The molecule has 2 atom stereocenters. The molecular formula is C71H136O5. The van der Waals surface area contributed by atoms with Crippen molar-refractivity contribution in [2.75, 3.05) is 39.6 Å². The van der Waals surface area contributed by atoms with E-state index in [-0.39, 0.29) is 6.61 Å². The fourth-order valence-corrected chi connectivity index (χ4v) is 11.4. The number of rotatable bonds is 65. The first-order valence-corrected chi connectivity index (χ1v) is 34.8. The van der Waals surface area contributed by atoms with Crippen molar-refractivity contribution in [2.24, 2.45) is 11.8 Å². The third kappa shape index (κ3) is 50.9. The largest absolute Gasteiger partial charge is 0.493 e. The highest BCUT2D eigenvalue weighted by Crippen LogP contribution is 2.27. The van der Waals surface area contributed by atoms with E-state index in [0.717, 1.165) is 74.8 Å². The first-order chi connectivity index (χ1) is 37.7. The molecule has 0 aliphatic rings. The lowest BCUT2D eigenvalue weighted by Gasteiger charge is -2.17. The van der Waals surface area contributed by atoms with Gasteiger partial charge in [0.25, 0.3) is 0 Å². The van der Waals surface area contributed by atoms with Crippen LogP contribution in [0.15, 0.2) is 18.2 Å². The van der Waals surface area contributed by atoms with Gasteiger partial charge in [0, 0.05) is 38.1 Å². The van der Waals surface area contributed by atoms with Crippen LogP contribution in [-0.2, 0) is 16.1 Å². The van der Waals surface area contributed by atoms with Crippen LogP contribution in [0.3, 0.4) is 0 Å². The first kappa shape index (κ1) is 72.7. The van der Waals surface area contributed by atoms with Crippen LogP contribution in [0.5, 0.6) is 11.5 Å². The van der Waals surface area contributed by atoms with E-state index in [2.05, 4.69) is 27.7 Å². The number of unbranched alkanes of at least 4 members (excludes halogenated alkanes) is 42. The van der Waals surface area contributed by atoms with E-state index in [9.17, 15) is 5.11 Å². The molecule has 0 aliphatic carbocycles. The lowest BCUT2D eigenvalue weighted by atomic mass is 9.94. The zero-order valence-corrected chi connectivity index (χ0v) is 52.2. The van der Waals surface area contributed by atoms with Crippen LogP contribution in [0.4, 0.5) is 0 Å². The van der Waals surface area contributed by atoms with Gasteiger partial charge in [0.1, 0.15) is 11.5 Å². The van der Waals surface area contributed by atoms with E-state index in [1.54, 1.807) is 0 Å². The normalized spacial score (nSPS) is 12.5. The summed E-state index contributed by atoms with van der Waals surface area (Å²) in [5.74, 6) is 3.19. The van der Waals surface area contributed by atoms with Crippen molar-refractivity contribution >= 4 is 0 Å². The molecule has 5 heteroatoms. The standard InChI is InChI=1S/C71H136O5/c1-5-9-13-17-21-31-39-47-55-67(53-45-37-19-15-11-7-3)65-73-59-49-41-33-27-23-25-29-35-43-51-61-75-70-58-57-69(64-72)71(63-70)76-62-52-44-36-30-26-24-28-34-42-50-60-74-66-68(54-46-38-20-16-12-8-4)56-48-40-32-22-18-14-10-6-2/h57-58,63,67-68,72H,5-56,59-62,64-66H2,1-4H3. The van der Waals surface area contributed by atoms with Gasteiger partial charge < -0.3 is 24.1 Å². The molecule has 5 nitrogen and oxygen atoms in total. The Kier molecular flexibility index (Phi) is 58.7. The zero-order valence-electron chi connectivity index (χ0n) is 52.2. The molecule has 76 heavy (non-hydrogen) atoms. The average molecular weight is 1070 g/mol. The van der Waals surface area contributed by atoms with Crippen molar-refractivity contribution in [2.45, 2.75) is 368 Å². The minimum atomic E-state index is -0.00448. The van der Waals surface area contributed by atoms with E-state index in [1.165, 1.54) is 321 Å². The average Bonchev–Trinajstić information content (AvgIpc) is 3.43. The molecule has 0 aliphatic heterocycles. The van der Waals surface area contributed by atoms with Crippen molar-refractivity contribution in [3.8, 4) is 11.5 Å². The molecule has 1 rings (SSSR count). The summed E-state index contributed by atoms with van der Waals surface area (Å²) in [6, 6.07) is 5.94. The lowest BCUT2D eigenvalue weighted by Crippen LogP contribution is -2.11. The molecule has 450 valence electrons. The fraction of sp³-hybridized carbons (Fsp3) is 0.915. The minimum absolute atomic E-state index is 0.00448. The second kappa shape index (κ2) is 61.3. The number of hydrogen-bond acceptors (Lipinski definition) is 5. The molecule has 0 heterocycles. The maximum atomic E-state index is 9.95. The van der Waals surface area contributed by atoms with Crippen molar-refractivity contribution in [3.63, 3.8) is 0 Å². The smallest absolute Gasteiger partial charge is 0.128 e. The van der Waals surface area contributed by atoms with E-state index < -0.39 is 0 Å². The number of aliphatic hydroxyl groups is 1. The zero-order chi connectivity index (χ0) is 54.6. The Morgan fingerprint density at radius 2 is 0.566 bits per heavy atom. The third-order valence-electron chi connectivity index (χ3n) is 16.7. The summed E-state index contributed by atoms with van der Waals surface area (Å²) in [7, 11) is 0.